The molecule has 0 atom stereocenters. The highest BCUT2D eigenvalue weighted by Crippen LogP contribution is 2.21. The first-order valence-electron chi connectivity index (χ1n) is 8.28. The predicted octanol–water partition coefficient (Wildman–Crippen LogP) is 4.34. The molecule has 0 aliphatic carbocycles. The molecule has 0 spiro atoms. The molecular weight excluding hydrogens is 411 g/mol. The largest absolute Gasteiger partial charge is 0.335 e. The number of rotatable bonds is 2. The summed E-state index contributed by atoms with van der Waals surface area (Å²) >= 11 is 17.8. The van der Waals surface area contributed by atoms with E-state index in [1.54, 1.807) is 21.9 Å². The lowest BCUT2D eigenvalue weighted by Gasteiger charge is -2.34. The number of anilines is 1. The van der Waals surface area contributed by atoms with Crippen molar-refractivity contribution in [2.24, 2.45) is 0 Å². The van der Waals surface area contributed by atoms with E-state index < -0.39 is 0 Å². The van der Waals surface area contributed by atoms with Gasteiger partial charge in [0.05, 0.1) is 0 Å². The topological polar surface area (TPSA) is 65.5 Å². The second kappa shape index (κ2) is 8.33. The van der Waals surface area contributed by atoms with Gasteiger partial charge in [0.2, 0.25) is 0 Å². The fourth-order valence-corrected chi connectivity index (χ4v) is 3.40. The Kier molecular flexibility index (Phi) is 6.09. The number of nitrogens with zero attached hydrogens (tertiary/aromatic N) is 3. The number of piperazine rings is 1. The zero-order valence-corrected chi connectivity index (χ0v) is 16.8. The van der Waals surface area contributed by atoms with E-state index >= 15 is 0 Å². The summed E-state index contributed by atoms with van der Waals surface area (Å²) in [4.78, 5) is 32.2. The molecule has 6 nitrogen and oxygen atoms in total. The number of hydrogen-bond donors (Lipinski definition) is 1. The molecule has 1 N–H and O–H groups in total. The molecular formula is C18H17Cl3N4O2. The normalized spacial score (nSPS) is 14.2. The Bertz CT molecular complexity index is 863. The summed E-state index contributed by atoms with van der Waals surface area (Å²) < 4.78 is 0. The van der Waals surface area contributed by atoms with Crippen LogP contribution in [0.4, 0.5) is 10.5 Å². The van der Waals surface area contributed by atoms with Crippen LogP contribution in [-0.2, 0) is 0 Å². The lowest BCUT2D eigenvalue weighted by atomic mass is 10.2. The van der Waals surface area contributed by atoms with E-state index in [-0.39, 0.29) is 22.2 Å². The fourth-order valence-electron chi connectivity index (χ4n) is 2.76. The van der Waals surface area contributed by atoms with Crippen LogP contribution in [0.3, 0.4) is 0 Å². The van der Waals surface area contributed by atoms with Crippen molar-refractivity contribution in [1.29, 1.82) is 0 Å². The summed E-state index contributed by atoms with van der Waals surface area (Å²) in [5.74, 6) is -0.188. The highest BCUT2D eigenvalue weighted by atomic mass is 35.5. The maximum Gasteiger partial charge on any atom is 0.321 e. The maximum absolute atomic E-state index is 12.6. The molecule has 3 amide bonds. The van der Waals surface area contributed by atoms with Crippen LogP contribution < -0.4 is 5.32 Å². The molecule has 142 valence electrons. The lowest BCUT2D eigenvalue weighted by Crippen LogP contribution is -2.51. The molecule has 1 aromatic heterocycles. The Balaban J connectivity index is 1.58. The minimum absolute atomic E-state index is 0.167. The van der Waals surface area contributed by atoms with Gasteiger partial charge in [0, 0.05) is 42.5 Å². The molecule has 1 fully saturated rings. The average Bonchev–Trinajstić information content (AvgIpc) is 2.63. The first kappa shape index (κ1) is 19.7. The minimum Gasteiger partial charge on any atom is -0.335 e. The van der Waals surface area contributed by atoms with Gasteiger partial charge >= 0.3 is 6.03 Å². The third-order valence-corrected chi connectivity index (χ3v) is 5.08. The summed E-state index contributed by atoms with van der Waals surface area (Å²) in [6.07, 6.45) is 0. The molecule has 2 heterocycles. The standard InChI is InChI=1S/C18H17Cl3N4O2/c1-11-2-3-13(10-14(11)19)22-18(27)25-6-4-24(5-7-25)17(26)12-8-15(20)23-16(21)9-12/h2-3,8-10H,4-7H2,1H3,(H,22,27). The molecule has 3 rings (SSSR count). The van der Waals surface area contributed by atoms with Crippen molar-refractivity contribution in [3.05, 3.63) is 56.8 Å². The Morgan fingerprint density at radius 2 is 1.56 bits per heavy atom. The number of nitrogens with one attached hydrogen (secondary N) is 1. The number of benzene rings is 1. The molecule has 0 saturated carbocycles. The van der Waals surface area contributed by atoms with E-state index in [0.29, 0.717) is 42.5 Å². The quantitative estimate of drug-likeness (QED) is 0.725. The summed E-state index contributed by atoms with van der Waals surface area (Å²) in [6.45, 7) is 3.57. The smallest absolute Gasteiger partial charge is 0.321 e. The van der Waals surface area contributed by atoms with Crippen LogP contribution in [0.2, 0.25) is 15.3 Å². The van der Waals surface area contributed by atoms with Crippen molar-refractivity contribution in [1.82, 2.24) is 14.8 Å². The summed E-state index contributed by atoms with van der Waals surface area (Å²) in [6, 6.07) is 8.10. The van der Waals surface area contributed by atoms with Gasteiger partial charge in [-0.05, 0) is 36.8 Å². The third kappa shape index (κ3) is 4.83. The number of halogens is 3. The number of aryl methyl sites for hydroxylation is 1. The van der Waals surface area contributed by atoms with Crippen LogP contribution in [-0.4, -0.2) is 52.9 Å². The van der Waals surface area contributed by atoms with Crippen LogP contribution in [0.25, 0.3) is 0 Å². The Labute approximate surface area is 172 Å². The Morgan fingerprint density at radius 1 is 0.963 bits per heavy atom. The molecule has 1 aliphatic heterocycles. The SMILES string of the molecule is Cc1ccc(NC(=O)N2CCN(C(=O)c3cc(Cl)nc(Cl)c3)CC2)cc1Cl. The Morgan fingerprint density at radius 3 is 2.15 bits per heavy atom. The fraction of sp³-hybridized carbons (Fsp3) is 0.278. The van der Waals surface area contributed by atoms with Gasteiger partial charge in [-0.1, -0.05) is 40.9 Å². The molecule has 0 bridgehead atoms. The third-order valence-electron chi connectivity index (χ3n) is 4.29. The summed E-state index contributed by atoms with van der Waals surface area (Å²) in [5, 5.41) is 3.76. The number of amides is 3. The maximum atomic E-state index is 12.6. The second-order valence-electron chi connectivity index (χ2n) is 6.17. The number of urea groups is 1. The van der Waals surface area contributed by atoms with Crippen molar-refractivity contribution in [3.8, 4) is 0 Å². The van der Waals surface area contributed by atoms with Gasteiger partial charge in [-0.15, -0.1) is 0 Å². The summed E-state index contributed by atoms with van der Waals surface area (Å²) in [7, 11) is 0. The predicted molar refractivity (Wildman–Crippen MR) is 107 cm³/mol. The van der Waals surface area contributed by atoms with Gasteiger partial charge in [0.15, 0.2) is 0 Å². The number of carbonyl (C=O) groups excluding carboxylic acids is 2. The average molecular weight is 428 g/mol. The van der Waals surface area contributed by atoms with Gasteiger partial charge in [-0.3, -0.25) is 4.79 Å². The number of aromatic nitrogens is 1. The van der Waals surface area contributed by atoms with E-state index in [1.807, 2.05) is 13.0 Å². The molecule has 0 radical (unpaired) electrons. The summed E-state index contributed by atoms with van der Waals surface area (Å²) in [5.41, 5.74) is 1.96. The molecule has 0 unspecified atom stereocenters. The first-order chi connectivity index (χ1) is 12.8. The van der Waals surface area contributed by atoms with Crippen LogP contribution in [0, 0.1) is 6.92 Å². The van der Waals surface area contributed by atoms with Gasteiger partial charge in [0.25, 0.3) is 5.91 Å². The molecule has 2 aromatic rings. The Hall–Kier alpha value is -2.02. The van der Waals surface area contributed by atoms with E-state index in [0.717, 1.165) is 5.56 Å². The molecule has 1 aromatic carbocycles. The van der Waals surface area contributed by atoms with Gasteiger partial charge < -0.3 is 15.1 Å². The van der Waals surface area contributed by atoms with Gasteiger partial charge in [-0.2, -0.15) is 0 Å². The highest BCUT2D eigenvalue weighted by Gasteiger charge is 2.25. The van der Waals surface area contributed by atoms with E-state index in [2.05, 4.69) is 10.3 Å². The van der Waals surface area contributed by atoms with Gasteiger partial charge in [-0.25, -0.2) is 9.78 Å². The number of carbonyl (C=O) groups is 2. The van der Waals surface area contributed by atoms with Crippen molar-refractivity contribution >= 4 is 52.4 Å². The van der Waals surface area contributed by atoms with Crippen molar-refractivity contribution < 1.29 is 9.59 Å². The van der Waals surface area contributed by atoms with Gasteiger partial charge in [0.1, 0.15) is 10.3 Å². The highest BCUT2D eigenvalue weighted by molar-refractivity contribution is 6.33. The van der Waals surface area contributed by atoms with Crippen molar-refractivity contribution in [2.45, 2.75) is 6.92 Å². The first-order valence-corrected chi connectivity index (χ1v) is 9.41. The molecule has 27 heavy (non-hydrogen) atoms. The van der Waals surface area contributed by atoms with Crippen molar-refractivity contribution in [3.63, 3.8) is 0 Å². The second-order valence-corrected chi connectivity index (χ2v) is 7.36. The van der Waals surface area contributed by atoms with Crippen LogP contribution in [0.1, 0.15) is 15.9 Å². The molecule has 1 saturated heterocycles. The van der Waals surface area contributed by atoms with Crippen LogP contribution in [0.5, 0.6) is 0 Å². The van der Waals surface area contributed by atoms with E-state index in [1.165, 1.54) is 12.1 Å². The van der Waals surface area contributed by atoms with Crippen LogP contribution in [0.15, 0.2) is 30.3 Å². The molecule has 9 heteroatoms. The zero-order chi connectivity index (χ0) is 19.6. The monoisotopic (exact) mass is 426 g/mol. The van der Waals surface area contributed by atoms with E-state index in [4.69, 9.17) is 34.8 Å². The molecule has 1 aliphatic rings. The van der Waals surface area contributed by atoms with E-state index in [9.17, 15) is 9.59 Å². The minimum atomic E-state index is -0.225. The number of pyridine rings is 1. The number of hydrogen-bond acceptors (Lipinski definition) is 3. The zero-order valence-electron chi connectivity index (χ0n) is 14.5. The van der Waals surface area contributed by atoms with Crippen molar-refractivity contribution in [2.75, 3.05) is 31.5 Å². The van der Waals surface area contributed by atoms with Crippen LogP contribution >= 0.6 is 34.8 Å². The lowest BCUT2D eigenvalue weighted by molar-refractivity contribution is 0.0671.